The fourth-order valence-electron chi connectivity index (χ4n) is 2.23. The number of hydrogen-bond donors (Lipinski definition) is 2. The third-order valence-corrected chi connectivity index (χ3v) is 2.76. The molecule has 0 spiro atoms. The van der Waals surface area contributed by atoms with Crippen LogP contribution in [0.2, 0.25) is 0 Å². The maximum atomic E-state index is 11.2. The van der Waals surface area contributed by atoms with Crippen molar-refractivity contribution in [3.8, 4) is 0 Å². The zero-order chi connectivity index (χ0) is 13.2. The van der Waals surface area contributed by atoms with Crippen LogP contribution in [0.4, 0.5) is 0 Å². The van der Waals surface area contributed by atoms with Crippen molar-refractivity contribution in [1.82, 2.24) is 0 Å². The number of hydrogen-bond acceptors (Lipinski definition) is 2. The summed E-state index contributed by atoms with van der Waals surface area (Å²) in [5.41, 5.74) is 3.32. The van der Waals surface area contributed by atoms with Crippen molar-refractivity contribution in [2.24, 2.45) is 0 Å². The maximum absolute atomic E-state index is 11.2. The van der Waals surface area contributed by atoms with Gasteiger partial charge in [-0.2, -0.15) is 0 Å². The van der Waals surface area contributed by atoms with Gasteiger partial charge >= 0.3 is 11.9 Å². The van der Waals surface area contributed by atoms with E-state index in [1.807, 2.05) is 32.9 Å². The molecule has 17 heavy (non-hydrogen) atoms. The van der Waals surface area contributed by atoms with Gasteiger partial charge in [-0.05, 0) is 37.5 Å². The third-order valence-electron chi connectivity index (χ3n) is 2.76. The smallest absolute Gasteiger partial charge is 0.311 e. The van der Waals surface area contributed by atoms with Crippen molar-refractivity contribution in [3.05, 3.63) is 34.4 Å². The molecule has 0 aliphatic carbocycles. The van der Waals surface area contributed by atoms with E-state index in [2.05, 4.69) is 0 Å². The average Bonchev–Trinajstić information content (AvgIpc) is 2.13. The van der Waals surface area contributed by atoms with E-state index in [9.17, 15) is 9.59 Å². The van der Waals surface area contributed by atoms with Crippen LogP contribution < -0.4 is 0 Å². The predicted octanol–water partition coefficient (Wildman–Crippen LogP) is 2.25. The van der Waals surface area contributed by atoms with Gasteiger partial charge in [0.25, 0.3) is 0 Å². The Morgan fingerprint density at radius 3 is 1.94 bits per heavy atom. The van der Waals surface area contributed by atoms with Crippen molar-refractivity contribution in [1.29, 1.82) is 0 Å². The van der Waals surface area contributed by atoms with Crippen LogP contribution in [-0.2, 0) is 9.59 Å². The van der Waals surface area contributed by atoms with E-state index < -0.39 is 17.9 Å². The van der Waals surface area contributed by atoms with Crippen molar-refractivity contribution in [3.63, 3.8) is 0 Å². The largest absolute Gasteiger partial charge is 0.481 e. The molecule has 0 aliphatic rings. The van der Waals surface area contributed by atoms with Gasteiger partial charge in [0, 0.05) is 0 Å². The van der Waals surface area contributed by atoms with Gasteiger partial charge in [-0.1, -0.05) is 17.7 Å². The molecule has 2 N–H and O–H groups in total. The molecule has 1 aromatic rings. The number of benzene rings is 1. The molecule has 0 bridgehead atoms. The van der Waals surface area contributed by atoms with Gasteiger partial charge in [0.1, 0.15) is 0 Å². The van der Waals surface area contributed by atoms with E-state index in [0.29, 0.717) is 5.56 Å². The molecule has 1 aromatic carbocycles. The summed E-state index contributed by atoms with van der Waals surface area (Å²) in [6, 6.07) is 3.75. The Morgan fingerprint density at radius 1 is 1.12 bits per heavy atom. The first kappa shape index (κ1) is 13.2. The number of carboxylic acids is 2. The Kier molecular flexibility index (Phi) is 3.89. The highest BCUT2D eigenvalue weighted by Crippen LogP contribution is 2.28. The molecule has 0 saturated carbocycles. The maximum Gasteiger partial charge on any atom is 0.311 e. The normalized spacial score (nSPS) is 12.2. The molecular formula is C13H16O4. The van der Waals surface area contributed by atoms with Gasteiger partial charge in [-0.15, -0.1) is 0 Å². The monoisotopic (exact) mass is 236 g/mol. The van der Waals surface area contributed by atoms with Gasteiger partial charge in [0.2, 0.25) is 0 Å². The average molecular weight is 236 g/mol. The molecule has 0 aromatic heterocycles. The fourth-order valence-corrected chi connectivity index (χ4v) is 2.23. The molecule has 1 unspecified atom stereocenters. The molecular weight excluding hydrogens is 220 g/mol. The summed E-state index contributed by atoms with van der Waals surface area (Å²) < 4.78 is 0. The zero-order valence-electron chi connectivity index (χ0n) is 10.2. The topological polar surface area (TPSA) is 74.6 Å². The van der Waals surface area contributed by atoms with E-state index in [4.69, 9.17) is 10.2 Å². The van der Waals surface area contributed by atoms with Crippen LogP contribution in [0.5, 0.6) is 0 Å². The quantitative estimate of drug-likeness (QED) is 0.840. The Morgan fingerprint density at radius 2 is 1.59 bits per heavy atom. The highest BCUT2D eigenvalue weighted by molar-refractivity contribution is 5.83. The highest BCUT2D eigenvalue weighted by atomic mass is 16.4. The van der Waals surface area contributed by atoms with Gasteiger partial charge < -0.3 is 10.2 Å². The number of rotatable bonds is 4. The minimum Gasteiger partial charge on any atom is -0.481 e. The van der Waals surface area contributed by atoms with Crippen molar-refractivity contribution >= 4 is 11.9 Å². The van der Waals surface area contributed by atoms with Crippen LogP contribution in [0.25, 0.3) is 0 Å². The van der Waals surface area contributed by atoms with Crippen molar-refractivity contribution < 1.29 is 19.8 Å². The lowest BCUT2D eigenvalue weighted by molar-refractivity contribution is -0.145. The first-order valence-electron chi connectivity index (χ1n) is 5.35. The molecule has 0 fully saturated rings. The van der Waals surface area contributed by atoms with Gasteiger partial charge in [-0.3, -0.25) is 9.59 Å². The van der Waals surface area contributed by atoms with Crippen LogP contribution in [0.1, 0.15) is 34.6 Å². The molecule has 0 amide bonds. The standard InChI is InChI=1S/C13H16O4/c1-7-4-8(2)12(9(3)5-7)10(13(16)17)6-11(14)15/h4-5,10H,6H2,1-3H3,(H,14,15)(H,16,17). The second-order valence-electron chi connectivity index (χ2n) is 4.30. The first-order chi connectivity index (χ1) is 7.82. The minimum absolute atomic E-state index is 0.389. The summed E-state index contributed by atoms with van der Waals surface area (Å²) in [6.07, 6.45) is -0.389. The minimum atomic E-state index is -1.10. The number of carbonyl (C=O) groups is 2. The molecule has 0 radical (unpaired) electrons. The van der Waals surface area contributed by atoms with Gasteiger partial charge in [0.15, 0.2) is 0 Å². The van der Waals surface area contributed by atoms with E-state index in [1.54, 1.807) is 0 Å². The Balaban J connectivity index is 3.28. The molecule has 0 heterocycles. The summed E-state index contributed by atoms with van der Waals surface area (Å²) in [5, 5.41) is 17.9. The lowest BCUT2D eigenvalue weighted by Crippen LogP contribution is -2.18. The lowest BCUT2D eigenvalue weighted by atomic mass is 9.87. The van der Waals surface area contributed by atoms with E-state index >= 15 is 0 Å². The Hall–Kier alpha value is -1.84. The number of carboxylic acid groups (broad SMARTS) is 2. The first-order valence-corrected chi connectivity index (χ1v) is 5.35. The van der Waals surface area contributed by atoms with Crippen LogP contribution >= 0.6 is 0 Å². The fraction of sp³-hybridized carbons (Fsp3) is 0.385. The summed E-state index contributed by atoms with van der Waals surface area (Å²) >= 11 is 0. The molecule has 92 valence electrons. The predicted molar refractivity (Wildman–Crippen MR) is 63.3 cm³/mol. The van der Waals surface area contributed by atoms with Crippen LogP contribution in [-0.4, -0.2) is 22.2 Å². The molecule has 4 nitrogen and oxygen atoms in total. The molecule has 0 saturated heterocycles. The zero-order valence-corrected chi connectivity index (χ0v) is 10.2. The highest BCUT2D eigenvalue weighted by Gasteiger charge is 2.26. The number of aryl methyl sites for hydroxylation is 3. The van der Waals surface area contributed by atoms with Crippen molar-refractivity contribution in [2.45, 2.75) is 33.1 Å². The second kappa shape index (κ2) is 4.99. The number of aliphatic carboxylic acids is 2. The lowest BCUT2D eigenvalue weighted by Gasteiger charge is -2.17. The van der Waals surface area contributed by atoms with Crippen LogP contribution in [0.3, 0.4) is 0 Å². The Bertz CT molecular complexity index is 439. The third kappa shape index (κ3) is 3.06. The SMILES string of the molecule is Cc1cc(C)c(C(CC(=O)O)C(=O)O)c(C)c1. The molecule has 1 rings (SSSR count). The van der Waals surface area contributed by atoms with Gasteiger partial charge in [-0.25, -0.2) is 0 Å². The van der Waals surface area contributed by atoms with Crippen LogP contribution in [0, 0.1) is 20.8 Å². The van der Waals surface area contributed by atoms with E-state index in [1.165, 1.54) is 0 Å². The molecule has 1 atom stereocenters. The molecule has 4 heteroatoms. The van der Waals surface area contributed by atoms with Gasteiger partial charge in [0.05, 0.1) is 12.3 Å². The van der Waals surface area contributed by atoms with Crippen molar-refractivity contribution in [2.75, 3.05) is 0 Å². The van der Waals surface area contributed by atoms with E-state index in [-0.39, 0.29) is 6.42 Å². The van der Waals surface area contributed by atoms with E-state index in [0.717, 1.165) is 16.7 Å². The molecule has 0 aliphatic heterocycles. The van der Waals surface area contributed by atoms with Crippen LogP contribution in [0.15, 0.2) is 12.1 Å². The second-order valence-corrected chi connectivity index (χ2v) is 4.30. The Labute approximate surface area is 99.9 Å². The summed E-state index contributed by atoms with van der Waals surface area (Å²) in [7, 11) is 0. The summed E-state index contributed by atoms with van der Waals surface area (Å²) in [6.45, 7) is 5.55. The summed E-state index contributed by atoms with van der Waals surface area (Å²) in [5.74, 6) is -3.17. The summed E-state index contributed by atoms with van der Waals surface area (Å²) in [4.78, 5) is 21.9.